The average Bonchev–Trinajstić information content (AvgIpc) is 4.16. The molecule has 1 aliphatic carbocycles. The Morgan fingerprint density at radius 2 is 1.49 bits per heavy atom. The van der Waals surface area contributed by atoms with Gasteiger partial charge in [0, 0.05) is 59.8 Å². The molecule has 1 aromatic heterocycles. The van der Waals surface area contributed by atoms with E-state index in [0.717, 1.165) is 67.2 Å². The first-order chi connectivity index (χ1) is 33.7. The molecule has 386 valence electrons. The molecule has 22 nitrogen and oxygen atoms in total. The summed E-state index contributed by atoms with van der Waals surface area (Å²) in [4.78, 5) is 119. The minimum absolute atomic E-state index is 0.0329. The van der Waals surface area contributed by atoms with Crippen molar-refractivity contribution in [2.75, 3.05) is 31.9 Å². The zero-order valence-electron chi connectivity index (χ0n) is 39.7. The topological polar surface area (TPSA) is 350 Å². The van der Waals surface area contributed by atoms with Crippen molar-refractivity contribution in [3.8, 4) is 0 Å². The summed E-state index contributed by atoms with van der Waals surface area (Å²) in [5, 5.41) is 32.2. The van der Waals surface area contributed by atoms with Gasteiger partial charge in [0.15, 0.2) is 0 Å². The number of carbonyl (C=O) groups excluding carboxylic acids is 9. The summed E-state index contributed by atoms with van der Waals surface area (Å²) in [5.74, 6) is -4.62. The lowest BCUT2D eigenvalue weighted by Gasteiger charge is -2.26. The number of unbranched alkanes of at least 4 members (excludes halogenated alkanes) is 3. The minimum Gasteiger partial charge on any atom is -0.368 e. The highest BCUT2D eigenvalue weighted by Crippen LogP contribution is 2.34. The molecule has 15 N–H and O–H groups in total. The lowest BCUT2D eigenvalue weighted by Crippen LogP contribution is -2.56. The molecular formula is C47H72N12O10S. The summed E-state index contributed by atoms with van der Waals surface area (Å²) in [6, 6.07) is 4.27. The summed E-state index contributed by atoms with van der Waals surface area (Å²) >= 11 is 1.84. The zero-order chi connectivity index (χ0) is 50.4. The van der Waals surface area contributed by atoms with E-state index in [0.29, 0.717) is 56.9 Å². The highest BCUT2D eigenvalue weighted by atomic mass is 32.2. The molecule has 23 heteroatoms. The third-order valence-electron chi connectivity index (χ3n) is 13.2. The normalized spacial score (nSPS) is 19.1. The van der Waals surface area contributed by atoms with Gasteiger partial charge in [0.2, 0.25) is 47.3 Å². The predicted molar refractivity (Wildman–Crippen MR) is 261 cm³/mol. The molecule has 1 unspecified atom stereocenters. The van der Waals surface area contributed by atoms with Gasteiger partial charge in [-0.15, -0.1) is 0 Å². The van der Waals surface area contributed by atoms with Crippen LogP contribution in [0.15, 0.2) is 30.5 Å². The number of primary amides is 1. The van der Waals surface area contributed by atoms with Crippen LogP contribution in [0, 0.1) is 11.8 Å². The molecule has 0 radical (unpaired) electrons. The van der Waals surface area contributed by atoms with E-state index in [1.807, 2.05) is 36.0 Å². The number of hydrogen-bond donors (Lipinski definition) is 13. The van der Waals surface area contributed by atoms with Crippen molar-refractivity contribution in [1.82, 2.24) is 53.0 Å². The van der Waals surface area contributed by atoms with Gasteiger partial charge in [0.05, 0.1) is 25.2 Å². The number of aromatic amines is 1. The number of para-hydroxylation sites is 1. The van der Waals surface area contributed by atoms with Crippen molar-refractivity contribution in [2.45, 2.75) is 145 Å². The third-order valence-corrected chi connectivity index (χ3v) is 14.7. The van der Waals surface area contributed by atoms with Gasteiger partial charge >= 0.3 is 6.03 Å². The van der Waals surface area contributed by atoms with Crippen molar-refractivity contribution in [2.24, 2.45) is 23.3 Å². The van der Waals surface area contributed by atoms with Crippen LogP contribution in [-0.4, -0.2) is 131 Å². The van der Waals surface area contributed by atoms with Crippen molar-refractivity contribution in [1.29, 1.82) is 0 Å². The SMILES string of the molecule is NCCCC[C@H](NC(=O)[C@H](Cc1c[nH]c2ccccc12)NC(=O)C(CC(=O)NO)CC1CCCC1)C(=O)NCC(=O)NCC(=O)N[C@@H](CCCCNC(=O)CCCC[C@@H]1SC[C@@H]2NC(=O)N[C@@H]21)C(N)=O. The second-order valence-corrected chi connectivity index (χ2v) is 19.8. The van der Waals surface area contributed by atoms with E-state index in [1.54, 1.807) is 11.7 Å². The number of carbonyl (C=O) groups is 9. The number of aromatic nitrogens is 1. The smallest absolute Gasteiger partial charge is 0.315 e. The molecule has 1 saturated carbocycles. The van der Waals surface area contributed by atoms with Crippen LogP contribution in [0.1, 0.15) is 108 Å². The fourth-order valence-corrected chi connectivity index (χ4v) is 10.9. The zero-order valence-corrected chi connectivity index (χ0v) is 40.6. The van der Waals surface area contributed by atoms with Crippen molar-refractivity contribution in [3.05, 3.63) is 36.0 Å². The Morgan fingerprint density at radius 1 is 0.757 bits per heavy atom. The Kier molecular flexibility index (Phi) is 22.5. The van der Waals surface area contributed by atoms with Crippen molar-refractivity contribution >= 4 is 76.0 Å². The number of hydroxylamine groups is 1. The van der Waals surface area contributed by atoms with Crippen LogP contribution in [0.3, 0.4) is 0 Å². The lowest BCUT2D eigenvalue weighted by atomic mass is 9.89. The summed E-state index contributed by atoms with van der Waals surface area (Å²) in [5.41, 5.74) is 14.4. The molecule has 70 heavy (non-hydrogen) atoms. The van der Waals surface area contributed by atoms with Gasteiger partial charge in [-0.1, -0.05) is 50.3 Å². The van der Waals surface area contributed by atoms with Crippen LogP contribution in [0.5, 0.6) is 0 Å². The molecule has 2 saturated heterocycles. The van der Waals surface area contributed by atoms with Crippen LogP contribution in [-0.2, 0) is 44.8 Å². The van der Waals surface area contributed by atoms with E-state index in [1.165, 1.54) is 0 Å². The average molecular weight is 997 g/mol. The number of amides is 10. The summed E-state index contributed by atoms with van der Waals surface area (Å²) in [6.45, 7) is -0.360. The van der Waals surface area contributed by atoms with Crippen molar-refractivity contribution in [3.63, 3.8) is 0 Å². The second kappa shape index (κ2) is 28.7. The quantitative estimate of drug-likeness (QED) is 0.0207. The molecule has 0 bridgehead atoms. The van der Waals surface area contributed by atoms with Crippen LogP contribution < -0.4 is 59.5 Å². The largest absolute Gasteiger partial charge is 0.368 e. The molecule has 10 amide bonds. The molecule has 2 aliphatic heterocycles. The molecule has 3 fully saturated rings. The van der Waals surface area contributed by atoms with E-state index in [4.69, 9.17) is 11.5 Å². The molecular weight excluding hydrogens is 925 g/mol. The van der Waals surface area contributed by atoms with Gasteiger partial charge in [0.25, 0.3) is 0 Å². The Bertz CT molecular complexity index is 2120. The number of nitrogens with one attached hydrogen (secondary N) is 10. The maximum Gasteiger partial charge on any atom is 0.315 e. The van der Waals surface area contributed by atoms with E-state index < -0.39 is 78.5 Å². The molecule has 3 heterocycles. The number of nitrogens with two attached hydrogens (primary N) is 2. The summed E-state index contributed by atoms with van der Waals surface area (Å²) in [7, 11) is 0. The highest BCUT2D eigenvalue weighted by molar-refractivity contribution is 8.00. The molecule has 1 aromatic carbocycles. The molecule has 3 aliphatic rings. The van der Waals surface area contributed by atoms with Gasteiger partial charge in [-0.05, 0) is 81.9 Å². The van der Waals surface area contributed by atoms with Gasteiger partial charge in [-0.25, -0.2) is 10.3 Å². The maximum atomic E-state index is 14.2. The van der Waals surface area contributed by atoms with Gasteiger partial charge in [-0.3, -0.25) is 43.6 Å². The lowest BCUT2D eigenvalue weighted by molar-refractivity contribution is -0.137. The number of hydrogen-bond acceptors (Lipinski definition) is 12. The van der Waals surface area contributed by atoms with Gasteiger partial charge in [-0.2, -0.15) is 11.8 Å². The molecule has 7 atom stereocenters. The number of rotatable bonds is 31. The second-order valence-electron chi connectivity index (χ2n) is 18.5. The Hall–Kier alpha value is -5.94. The predicted octanol–water partition coefficient (Wildman–Crippen LogP) is 0.116. The Morgan fingerprint density at radius 3 is 2.24 bits per heavy atom. The number of fused-ring (bicyclic) bond motifs is 2. The van der Waals surface area contributed by atoms with Crippen LogP contribution >= 0.6 is 11.8 Å². The van der Waals surface area contributed by atoms with E-state index in [-0.39, 0.29) is 55.6 Å². The van der Waals surface area contributed by atoms with Gasteiger partial charge < -0.3 is 59.0 Å². The molecule has 0 spiro atoms. The van der Waals surface area contributed by atoms with Crippen molar-refractivity contribution < 1.29 is 48.4 Å². The first kappa shape index (κ1) is 55.0. The van der Waals surface area contributed by atoms with Crippen LogP contribution in [0.25, 0.3) is 10.9 Å². The number of thioether (sulfide) groups is 1. The van der Waals surface area contributed by atoms with Gasteiger partial charge in [0.1, 0.15) is 18.1 Å². The fraction of sp³-hybridized carbons (Fsp3) is 0.638. The maximum absolute atomic E-state index is 14.2. The van der Waals surface area contributed by atoms with E-state index >= 15 is 0 Å². The molecule has 5 rings (SSSR count). The molecule has 2 aromatic rings. The number of benzene rings is 1. The summed E-state index contributed by atoms with van der Waals surface area (Å²) in [6.07, 6.45) is 10.9. The minimum atomic E-state index is -1.19. The fourth-order valence-electron chi connectivity index (χ4n) is 9.38. The summed E-state index contributed by atoms with van der Waals surface area (Å²) < 4.78 is 0. The van der Waals surface area contributed by atoms with E-state index in [9.17, 15) is 48.4 Å². The standard InChI is InChI=1S/C47H72N12O10S/c48-19-9-7-16-34(55-46(67)35(22-30-24-51-32-14-4-3-13-31(30)32)56-44(65)29(23-39(61)59-69)21-28-11-1-2-12-28)45(66)53-25-40(62)52-26-41(63)54-33(43(49)64)15-8-10-20-50-38(60)18-6-5-17-37-42-36(27-70-37)57-47(68)58-42/h3-4,13-14,24,28-29,33-37,42,51,69H,1-2,5-12,15-23,25-27,48H2,(H2,49,64)(H,50,60)(H,52,62)(H,53,66)(H,54,63)(H,55,67)(H,56,65)(H,59,61)(H2,57,58,68)/t29?,33-,34-,35-,36-,37-,42-/m0/s1. The Labute approximate surface area is 411 Å². The highest BCUT2D eigenvalue weighted by Gasteiger charge is 2.42. The number of urea groups is 1. The van der Waals surface area contributed by atoms with E-state index in [2.05, 4.69) is 47.5 Å². The first-order valence-electron chi connectivity index (χ1n) is 24.6. The Balaban J connectivity index is 1.06. The first-order valence-corrected chi connectivity index (χ1v) is 25.7. The van der Waals surface area contributed by atoms with Crippen LogP contribution in [0.2, 0.25) is 0 Å². The number of H-pyrrole nitrogens is 1. The van der Waals surface area contributed by atoms with Crippen LogP contribution in [0.4, 0.5) is 4.79 Å². The monoisotopic (exact) mass is 997 g/mol. The third kappa shape index (κ3) is 17.8.